The lowest BCUT2D eigenvalue weighted by atomic mass is 9.84. The van der Waals surface area contributed by atoms with Crippen molar-refractivity contribution in [1.29, 1.82) is 0 Å². The Balaban J connectivity index is 1.91. The fourth-order valence-corrected chi connectivity index (χ4v) is 5.37. The topological polar surface area (TPSA) is 90.7 Å². The van der Waals surface area contributed by atoms with Gasteiger partial charge in [-0.2, -0.15) is 0 Å². The lowest BCUT2D eigenvalue weighted by Gasteiger charge is -2.38. The van der Waals surface area contributed by atoms with Crippen molar-refractivity contribution in [2.45, 2.75) is 51.7 Å². The predicted octanol–water partition coefficient (Wildman–Crippen LogP) is 4.23. The summed E-state index contributed by atoms with van der Waals surface area (Å²) in [5, 5.41) is 15.3. The first-order chi connectivity index (χ1) is 19.7. The predicted molar refractivity (Wildman–Crippen MR) is 156 cm³/mol. The third kappa shape index (κ3) is 6.01. The van der Waals surface area contributed by atoms with E-state index in [0.29, 0.717) is 41.8 Å². The van der Waals surface area contributed by atoms with Gasteiger partial charge in [0, 0.05) is 43.6 Å². The van der Waals surface area contributed by atoms with Gasteiger partial charge in [0.1, 0.15) is 11.6 Å². The van der Waals surface area contributed by atoms with Crippen LogP contribution in [0.5, 0.6) is 0 Å². The molecule has 0 bridgehead atoms. The fourth-order valence-electron chi connectivity index (χ4n) is 5.37. The van der Waals surface area contributed by atoms with Crippen molar-refractivity contribution >= 4 is 22.6 Å². The number of pyridine rings is 2. The van der Waals surface area contributed by atoms with Crippen LogP contribution >= 0.6 is 0 Å². The molecule has 8 nitrogen and oxygen atoms in total. The van der Waals surface area contributed by atoms with Crippen LogP contribution in [0.15, 0.2) is 29.1 Å². The van der Waals surface area contributed by atoms with Gasteiger partial charge in [0.2, 0.25) is 5.91 Å². The molecule has 3 heterocycles. The average Bonchev–Trinajstić information content (AvgIpc) is 2.92. The molecule has 3 aromatic rings. The van der Waals surface area contributed by atoms with Crippen LogP contribution in [0.3, 0.4) is 0 Å². The Morgan fingerprint density at radius 1 is 1.24 bits per heavy atom. The van der Waals surface area contributed by atoms with Crippen molar-refractivity contribution in [2.75, 3.05) is 39.0 Å². The molecule has 2 aromatic heterocycles. The van der Waals surface area contributed by atoms with Crippen LogP contribution in [0, 0.1) is 24.6 Å². The molecule has 224 valence electrons. The summed E-state index contributed by atoms with van der Waals surface area (Å²) in [6.45, 7) is 5.90. The quantitative estimate of drug-likeness (QED) is 0.422. The van der Waals surface area contributed by atoms with Gasteiger partial charge in [-0.15, -0.1) is 0 Å². The van der Waals surface area contributed by atoms with E-state index in [1.807, 2.05) is 19.0 Å². The number of anilines is 1. The summed E-state index contributed by atoms with van der Waals surface area (Å²) in [6.07, 6.45) is -2.62. The third-order valence-electron chi connectivity index (χ3n) is 7.81. The molecule has 1 aliphatic heterocycles. The number of halogens is 3. The molecule has 11 heteroatoms. The van der Waals surface area contributed by atoms with Crippen LogP contribution in [-0.4, -0.2) is 64.1 Å². The largest absolute Gasteiger partial charge is 0.385 e. The highest BCUT2D eigenvalue weighted by atomic mass is 19.3. The zero-order chi connectivity index (χ0) is 30.9. The van der Waals surface area contributed by atoms with Gasteiger partial charge < -0.3 is 19.9 Å². The van der Waals surface area contributed by atoms with Crippen molar-refractivity contribution in [1.82, 2.24) is 19.4 Å². The minimum atomic E-state index is -2.97. The maximum atomic E-state index is 15.0. The number of rotatable bonds is 6. The molecule has 4 rings (SSSR count). The van der Waals surface area contributed by atoms with Crippen LogP contribution in [0.1, 0.15) is 67.1 Å². The second-order valence-corrected chi connectivity index (χ2v) is 11.1. The van der Waals surface area contributed by atoms with Crippen LogP contribution in [0.25, 0.3) is 10.9 Å². The van der Waals surface area contributed by atoms with Crippen molar-refractivity contribution in [2.24, 2.45) is 7.05 Å². The molecule has 1 saturated heterocycles. The van der Waals surface area contributed by atoms with Gasteiger partial charge in [-0.1, -0.05) is 30.0 Å². The number of piperidine rings is 1. The lowest BCUT2D eigenvalue weighted by molar-refractivity contribution is -0.133. The van der Waals surface area contributed by atoms with Gasteiger partial charge in [-0.25, -0.2) is 18.2 Å². The molecule has 1 aromatic carbocycles. The highest BCUT2D eigenvalue weighted by Crippen LogP contribution is 2.36. The number of carbonyl (C=O) groups is 1. The Morgan fingerprint density at radius 3 is 2.48 bits per heavy atom. The number of fused-ring (bicyclic) bond motifs is 1. The summed E-state index contributed by atoms with van der Waals surface area (Å²) in [4.78, 5) is 33.9. The Kier molecular flexibility index (Phi) is 8.99. The van der Waals surface area contributed by atoms with Crippen molar-refractivity contribution in [3.63, 3.8) is 0 Å². The van der Waals surface area contributed by atoms with Gasteiger partial charge in [0.15, 0.2) is 0 Å². The standard InChI is InChI=1S/C31H36F3N5O3/c1-18(21-9-7-10-23(26(21)32)28(33)34)35-29-24-17-25(31(42)12-15-39(16-13-31)20(3)40)30(41)38(6)27(24)22(19(2)36-29)11-8-14-37(4)5/h7,9-10,17-18,28,42H,12-16H2,1-6H3,(H,35,36)/t18-/m1/s1. The highest BCUT2D eigenvalue weighted by molar-refractivity contribution is 5.95. The number of aromatic nitrogens is 2. The smallest absolute Gasteiger partial charge is 0.266 e. The van der Waals surface area contributed by atoms with Crippen LogP contribution in [-0.2, 0) is 17.4 Å². The first-order valence-electron chi connectivity index (χ1n) is 13.7. The van der Waals surface area contributed by atoms with Gasteiger partial charge in [-0.3, -0.25) is 14.5 Å². The molecule has 0 spiro atoms. The first kappa shape index (κ1) is 31.1. The maximum Gasteiger partial charge on any atom is 0.266 e. The minimum absolute atomic E-state index is 0.0375. The van der Waals surface area contributed by atoms with E-state index >= 15 is 4.39 Å². The van der Waals surface area contributed by atoms with Gasteiger partial charge in [0.05, 0.1) is 40.5 Å². The molecule has 0 saturated carbocycles. The number of hydrogen-bond donors (Lipinski definition) is 2. The zero-order valence-corrected chi connectivity index (χ0v) is 24.7. The van der Waals surface area contributed by atoms with Crippen molar-refractivity contribution < 1.29 is 23.1 Å². The molecule has 1 aliphatic rings. The summed E-state index contributed by atoms with van der Waals surface area (Å²) in [7, 11) is 5.36. The third-order valence-corrected chi connectivity index (χ3v) is 7.81. The van der Waals surface area contributed by atoms with Crippen LogP contribution < -0.4 is 10.9 Å². The normalized spacial score (nSPS) is 15.6. The van der Waals surface area contributed by atoms with Crippen molar-refractivity contribution in [3.05, 3.63) is 68.4 Å². The number of aryl methyl sites for hydroxylation is 2. The minimum Gasteiger partial charge on any atom is -0.385 e. The lowest BCUT2D eigenvalue weighted by Crippen LogP contribution is -2.47. The fraction of sp³-hybridized carbons (Fsp3) is 0.452. The first-order valence-corrected chi connectivity index (χ1v) is 13.7. The van der Waals surface area contributed by atoms with Gasteiger partial charge >= 0.3 is 0 Å². The average molecular weight is 584 g/mol. The molecule has 0 radical (unpaired) electrons. The number of likely N-dealkylation sites (tertiary alicyclic amines) is 1. The molecule has 1 atom stereocenters. The van der Waals surface area contributed by atoms with Crippen LogP contribution in [0.2, 0.25) is 0 Å². The molecule has 1 fully saturated rings. The molecule has 1 amide bonds. The summed E-state index contributed by atoms with van der Waals surface area (Å²) >= 11 is 0. The Bertz CT molecular complexity index is 1630. The molecule has 42 heavy (non-hydrogen) atoms. The number of alkyl halides is 2. The molecular formula is C31H36F3N5O3. The summed E-state index contributed by atoms with van der Waals surface area (Å²) < 4.78 is 43.3. The van der Waals surface area contributed by atoms with E-state index < -0.39 is 35.0 Å². The highest BCUT2D eigenvalue weighted by Gasteiger charge is 2.38. The molecule has 0 unspecified atom stereocenters. The summed E-state index contributed by atoms with van der Waals surface area (Å²) in [5.41, 5.74) is -0.874. The van der Waals surface area contributed by atoms with Crippen LogP contribution in [0.4, 0.5) is 19.0 Å². The number of amides is 1. The SMILES string of the molecule is CC(=O)N1CCC(O)(c2cc3c(N[C@H](C)c4cccc(C(F)F)c4F)nc(C)c(C#CCN(C)C)c3n(C)c2=O)CC1. The molecule has 0 aliphatic carbocycles. The Labute approximate surface area is 243 Å². The monoisotopic (exact) mass is 583 g/mol. The van der Waals surface area contributed by atoms with E-state index in [1.165, 1.54) is 23.6 Å². The van der Waals surface area contributed by atoms with E-state index in [1.54, 1.807) is 31.9 Å². The second kappa shape index (κ2) is 12.2. The van der Waals surface area contributed by atoms with E-state index in [-0.39, 0.29) is 35.7 Å². The van der Waals surface area contributed by atoms with Gasteiger partial charge in [-0.05, 0) is 46.9 Å². The van der Waals surface area contributed by atoms with Gasteiger partial charge in [0.25, 0.3) is 12.0 Å². The van der Waals surface area contributed by atoms with E-state index in [2.05, 4.69) is 17.2 Å². The number of nitrogens with zero attached hydrogens (tertiary/aromatic N) is 4. The number of aliphatic hydroxyl groups is 1. The Hall–Kier alpha value is -3.88. The zero-order valence-electron chi connectivity index (χ0n) is 24.7. The van der Waals surface area contributed by atoms with E-state index in [4.69, 9.17) is 4.98 Å². The molecule has 2 N–H and O–H groups in total. The van der Waals surface area contributed by atoms with E-state index in [0.717, 1.165) is 6.07 Å². The Morgan fingerprint density at radius 2 is 1.88 bits per heavy atom. The number of carbonyl (C=O) groups excluding carboxylic acids is 1. The second-order valence-electron chi connectivity index (χ2n) is 11.1. The molecular weight excluding hydrogens is 547 g/mol. The number of nitrogens with one attached hydrogen (secondary N) is 1. The van der Waals surface area contributed by atoms with Crippen molar-refractivity contribution in [3.8, 4) is 11.8 Å². The number of benzene rings is 1. The summed E-state index contributed by atoms with van der Waals surface area (Å²) in [5.74, 6) is 5.40. The van der Waals surface area contributed by atoms with E-state index in [9.17, 15) is 23.5 Å². The summed E-state index contributed by atoms with van der Waals surface area (Å²) in [6, 6.07) is 4.68. The number of hydrogen-bond acceptors (Lipinski definition) is 6. The maximum absolute atomic E-state index is 15.0.